The van der Waals surface area contributed by atoms with Gasteiger partial charge < -0.3 is 19.3 Å². The van der Waals surface area contributed by atoms with Crippen LogP contribution in [0, 0.1) is 15.9 Å². The van der Waals surface area contributed by atoms with E-state index < -0.39 is 16.2 Å². The molecule has 0 unspecified atom stereocenters. The fourth-order valence-electron chi connectivity index (χ4n) is 3.52. The zero-order valence-electron chi connectivity index (χ0n) is 18.3. The van der Waals surface area contributed by atoms with Crippen molar-refractivity contribution in [3.8, 4) is 22.8 Å². The van der Waals surface area contributed by atoms with Crippen LogP contribution in [-0.2, 0) is 11.8 Å². The molecular formula is C23H22FN3O6. The second kappa shape index (κ2) is 8.53. The molecule has 0 spiro atoms. The van der Waals surface area contributed by atoms with Crippen LogP contribution in [0.15, 0.2) is 40.9 Å². The third-order valence-corrected chi connectivity index (χ3v) is 5.17. The van der Waals surface area contributed by atoms with Crippen LogP contribution in [0.1, 0.15) is 42.4 Å². The van der Waals surface area contributed by atoms with E-state index in [0.29, 0.717) is 17.9 Å². The maximum absolute atomic E-state index is 13.2. The Bertz CT molecular complexity index is 1210. The lowest BCUT2D eigenvalue weighted by molar-refractivity contribution is -0.384. The topological polar surface area (TPSA) is 117 Å². The van der Waals surface area contributed by atoms with E-state index in [9.17, 15) is 19.3 Å². The predicted molar refractivity (Wildman–Crippen MR) is 116 cm³/mol. The number of benzene rings is 2. The first kappa shape index (κ1) is 22.3. The molecule has 1 amide bonds. The number of nitro benzene ring substituents is 1. The van der Waals surface area contributed by atoms with Gasteiger partial charge in [-0.05, 0) is 24.1 Å². The van der Waals surface area contributed by atoms with Gasteiger partial charge in [0.25, 0.3) is 11.6 Å². The Balaban J connectivity index is 1.69. The minimum Gasteiger partial charge on any atom is -0.454 e. The molecule has 0 bridgehead atoms. The van der Waals surface area contributed by atoms with Crippen LogP contribution in [0.3, 0.4) is 0 Å². The monoisotopic (exact) mass is 455 g/mol. The molecule has 1 aliphatic heterocycles. The molecular weight excluding hydrogens is 433 g/mol. The SMILES string of the molecule is CC(C)(C)c1noc(-c2cc3c(cc2[N+](=O)[O-])OCO3)c1C(=O)NCCc1ccc(F)cc1. The molecule has 1 aromatic heterocycles. The van der Waals surface area contributed by atoms with E-state index in [0.717, 1.165) is 5.56 Å². The summed E-state index contributed by atoms with van der Waals surface area (Å²) in [5.41, 5.74) is 0.528. The van der Waals surface area contributed by atoms with Gasteiger partial charge in [0.1, 0.15) is 22.6 Å². The van der Waals surface area contributed by atoms with Gasteiger partial charge in [0, 0.05) is 18.0 Å². The minimum absolute atomic E-state index is 0.0239. The highest BCUT2D eigenvalue weighted by atomic mass is 19.1. The molecule has 0 aliphatic carbocycles. The molecule has 2 aromatic carbocycles. The number of fused-ring (bicyclic) bond motifs is 1. The Kier molecular flexibility index (Phi) is 5.75. The fourth-order valence-corrected chi connectivity index (χ4v) is 3.52. The first-order chi connectivity index (χ1) is 15.6. The van der Waals surface area contributed by atoms with Crippen molar-refractivity contribution in [1.82, 2.24) is 10.5 Å². The smallest absolute Gasteiger partial charge is 0.284 e. The number of amides is 1. The van der Waals surface area contributed by atoms with Crippen LogP contribution >= 0.6 is 0 Å². The molecule has 0 fully saturated rings. The number of carbonyl (C=O) groups is 1. The number of aromatic nitrogens is 1. The second-order valence-corrected chi connectivity index (χ2v) is 8.60. The van der Waals surface area contributed by atoms with Crippen molar-refractivity contribution in [2.75, 3.05) is 13.3 Å². The molecule has 10 heteroatoms. The van der Waals surface area contributed by atoms with Crippen molar-refractivity contribution >= 4 is 11.6 Å². The standard InChI is InChI=1S/C23H22FN3O6/c1-23(2,3)21-19(22(28)25-9-8-13-4-6-14(24)7-5-13)20(33-26-21)15-10-17-18(32-12-31-17)11-16(15)27(29)30/h4-7,10-11H,8-9,12H2,1-3H3,(H,25,28). The zero-order valence-corrected chi connectivity index (χ0v) is 18.3. The summed E-state index contributed by atoms with van der Waals surface area (Å²) >= 11 is 0. The van der Waals surface area contributed by atoms with Crippen LogP contribution < -0.4 is 14.8 Å². The number of carbonyl (C=O) groups excluding carboxylic acids is 1. The summed E-state index contributed by atoms with van der Waals surface area (Å²) in [7, 11) is 0. The number of halogens is 1. The number of hydrogen-bond donors (Lipinski definition) is 1. The van der Waals surface area contributed by atoms with E-state index in [1.54, 1.807) is 12.1 Å². The van der Waals surface area contributed by atoms with Gasteiger partial charge in [-0.25, -0.2) is 4.39 Å². The summed E-state index contributed by atoms with van der Waals surface area (Å²) < 4.78 is 29.2. The maximum atomic E-state index is 13.2. The van der Waals surface area contributed by atoms with Gasteiger partial charge in [-0.2, -0.15) is 0 Å². The lowest BCUT2D eigenvalue weighted by Crippen LogP contribution is -2.29. The molecule has 33 heavy (non-hydrogen) atoms. The highest BCUT2D eigenvalue weighted by Gasteiger charge is 2.35. The first-order valence-corrected chi connectivity index (χ1v) is 10.3. The van der Waals surface area contributed by atoms with E-state index >= 15 is 0 Å². The number of rotatable bonds is 6. The Morgan fingerprint density at radius 2 is 1.85 bits per heavy atom. The molecule has 0 saturated heterocycles. The van der Waals surface area contributed by atoms with Gasteiger partial charge in [-0.3, -0.25) is 14.9 Å². The fraction of sp³-hybridized carbons (Fsp3) is 0.304. The number of nitrogens with zero attached hydrogens (tertiary/aromatic N) is 2. The van der Waals surface area contributed by atoms with Crippen molar-refractivity contribution in [3.05, 3.63) is 69.2 Å². The third kappa shape index (κ3) is 4.50. The van der Waals surface area contributed by atoms with Crippen molar-refractivity contribution in [3.63, 3.8) is 0 Å². The second-order valence-electron chi connectivity index (χ2n) is 8.60. The number of nitrogens with one attached hydrogen (secondary N) is 1. The van der Waals surface area contributed by atoms with E-state index in [4.69, 9.17) is 14.0 Å². The number of hydrogen-bond acceptors (Lipinski definition) is 7. The molecule has 172 valence electrons. The summed E-state index contributed by atoms with van der Waals surface area (Å²) in [6.07, 6.45) is 0.474. The molecule has 0 atom stereocenters. The Morgan fingerprint density at radius 1 is 1.18 bits per heavy atom. The molecule has 4 rings (SSSR count). The minimum atomic E-state index is -0.577. The summed E-state index contributed by atoms with van der Waals surface area (Å²) in [5.74, 6) is -0.287. The molecule has 9 nitrogen and oxygen atoms in total. The van der Waals surface area contributed by atoms with E-state index in [1.165, 1.54) is 24.3 Å². The highest BCUT2D eigenvalue weighted by molar-refractivity contribution is 6.02. The molecule has 0 saturated carbocycles. The average Bonchev–Trinajstić information content (AvgIpc) is 3.40. The average molecular weight is 455 g/mol. The van der Waals surface area contributed by atoms with Gasteiger partial charge in [-0.15, -0.1) is 0 Å². The largest absolute Gasteiger partial charge is 0.454 e. The summed E-state index contributed by atoms with van der Waals surface area (Å²) in [6, 6.07) is 8.65. The Morgan fingerprint density at radius 3 is 2.48 bits per heavy atom. The summed E-state index contributed by atoms with van der Waals surface area (Å²) in [4.78, 5) is 24.4. The molecule has 1 aliphatic rings. The van der Waals surface area contributed by atoms with Crippen LogP contribution in [0.4, 0.5) is 10.1 Å². The molecule has 3 aromatic rings. The maximum Gasteiger partial charge on any atom is 0.284 e. The quantitative estimate of drug-likeness (QED) is 0.433. The first-order valence-electron chi connectivity index (χ1n) is 10.3. The lowest BCUT2D eigenvalue weighted by Gasteiger charge is -2.16. The summed E-state index contributed by atoms with van der Waals surface area (Å²) in [6.45, 7) is 5.78. The van der Waals surface area contributed by atoms with Gasteiger partial charge in [0.05, 0.1) is 11.0 Å². The normalized spacial score (nSPS) is 12.6. The Hall–Kier alpha value is -3.95. The van der Waals surface area contributed by atoms with Gasteiger partial charge >= 0.3 is 0 Å². The van der Waals surface area contributed by atoms with Crippen LogP contribution in [0.5, 0.6) is 11.5 Å². The van der Waals surface area contributed by atoms with Crippen molar-refractivity contribution in [2.24, 2.45) is 0 Å². The van der Waals surface area contributed by atoms with Crippen LogP contribution in [0.2, 0.25) is 0 Å². The van der Waals surface area contributed by atoms with Crippen molar-refractivity contribution in [2.45, 2.75) is 32.6 Å². The van der Waals surface area contributed by atoms with Gasteiger partial charge in [0.2, 0.25) is 6.79 Å². The van der Waals surface area contributed by atoms with Crippen molar-refractivity contribution < 1.29 is 28.1 Å². The molecule has 2 heterocycles. The zero-order chi connectivity index (χ0) is 23.8. The summed E-state index contributed by atoms with van der Waals surface area (Å²) in [5, 5.41) is 18.6. The number of nitro groups is 1. The van der Waals surface area contributed by atoms with E-state index in [1.807, 2.05) is 20.8 Å². The van der Waals surface area contributed by atoms with Gasteiger partial charge in [-0.1, -0.05) is 38.1 Å². The van der Waals surface area contributed by atoms with Crippen LogP contribution in [-0.4, -0.2) is 29.3 Å². The molecule has 1 N–H and O–H groups in total. The van der Waals surface area contributed by atoms with E-state index in [-0.39, 0.29) is 47.5 Å². The predicted octanol–water partition coefficient (Wildman–Crippen LogP) is 4.39. The lowest BCUT2D eigenvalue weighted by atomic mass is 9.87. The highest BCUT2D eigenvalue weighted by Crippen LogP contribution is 2.44. The Labute approximate surface area is 188 Å². The van der Waals surface area contributed by atoms with Crippen molar-refractivity contribution in [1.29, 1.82) is 0 Å². The van der Waals surface area contributed by atoms with Crippen LogP contribution in [0.25, 0.3) is 11.3 Å². The third-order valence-electron chi connectivity index (χ3n) is 5.17. The number of ether oxygens (including phenoxy) is 2. The molecule has 0 radical (unpaired) electrons. The van der Waals surface area contributed by atoms with Gasteiger partial charge in [0.15, 0.2) is 17.3 Å². The van der Waals surface area contributed by atoms with E-state index in [2.05, 4.69) is 10.5 Å².